The number of carboxylic acid groups (broad SMARTS) is 4. The third-order valence-corrected chi connectivity index (χ3v) is 5.89. The number of hydrogen-bond donors (Lipinski definition) is 4. The van der Waals surface area contributed by atoms with E-state index in [1.165, 1.54) is 0 Å². The minimum absolute atomic E-state index is 0. The van der Waals surface area contributed by atoms with Crippen LogP contribution in [0.4, 0.5) is 0 Å². The molecule has 0 aliphatic heterocycles. The van der Waals surface area contributed by atoms with Gasteiger partial charge in [0.2, 0.25) is 10.5 Å². The first-order valence-electron chi connectivity index (χ1n) is 7.31. The second kappa shape index (κ2) is 31.7. The van der Waals surface area contributed by atoms with E-state index in [4.69, 9.17) is 20.4 Å². The third kappa shape index (κ3) is 28.2. The predicted molar refractivity (Wildman–Crippen MR) is 144 cm³/mol. The van der Waals surface area contributed by atoms with Crippen molar-refractivity contribution in [2.45, 2.75) is 36.2 Å². The van der Waals surface area contributed by atoms with E-state index >= 15 is 0 Å². The Morgan fingerprint density at radius 1 is 0.500 bits per heavy atom. The van der Waals surface area contributed by atoms with Gasteiger partial charge in [0.1, 0.15) is 0 Å². The van der Waals surface area contributed by atoms with Gasteiger partial charge in [-0.25, -0.2) is 0 Å². The summed E-state index contributed by atoms with van der Waals surface area (Å²) >= 11 is 0. The number of carbonyl (C=O) groups excluding carboxylic acids is 2. The fraction of sp³-hybridized carbons (Fsp3) is 0.500. The van der Waals surface area contributed by atoms with Gasteiger partial charge in [0, 0.05) is 0 Å². The fourth-order valence-corrected chi connectivity index (χ4v) is 3.71. The quantitative estimate of drug-likeness (QED) is 0.105. The molecule has 0 aromatic rings. The Bertz CT molecular complexity index is 893. The minimum atomic E-state index is -5.28. The van der Waals surface area contributed by atoms with Crippen LogP contribution in [0, 0.1) is 0 Å². The van der Waals surface area contributed by atoms with Crippen molar-refractivity contribution < 1.29 is 74.4 Å². The van der Waals surface area contributed by atoms with Crippen LogP contribution in [-0.4, -0.2) is 320 Å². The molecule has 0 aliphatic carbocycles. The van der Waals surface area contributed by atoms with Gasteiger partial charge in [-0.1, -0.05) is 0 Å². The van der Waals surface area contributed by atoms with Gasteiger partial charge in [-0.05, 0) is 0 Å². The first kappa shape index (κ1) is 65.4. The average molecular weight is 670 g/mol. The summed E-state index contributed by atoms with van der Waals surface area (Å²) in [5.74, 6) is -11.5. The van der Waals surface area contributed by atoms with Gasteiger partial charge < -0.3 is 28.8 Å². The maximum atomic E-state index is 11.6. The molecule has 0 aliphatic rings. The molecule has 0 saturated carbocycles. The van der Waals surface area contributed by atoms with Gasteiger partial charge in [0.15, 0.2) is 0 Å². The van der Waals surface area contributed by atoms with Crippen LogP contribution in [0.3, 0.4) is 0 Å². The van der Waals surface area contributed by atoms with E-state index in [2.05, 4.69) is 8.37 Å². The summed E-state index contributed by atoms with van der Waals surface area (Å²) in [6, 6.07) is 0. The summed E-state index contributed by atoms with van der Waals surface area (Å²) in [5.41, 5.74) is 0. The van der Waals surface area contributed by atoms with Crippen LogP contribution in [-0.2, 0) is 57.4 Å². The third-order valence-electron chi connectivity index (χ3n) is 2.92. The van der Waals surface area contributed by atoms with Crippen LogP contribution in [0.1, 0.15) is 25.7 Å². The first-order valence-corrected chi connectivity index (χ1v) is 10.2. The second-order valence-corrected chi connectivity index (χ2v) is 8.69. The second-order valence-electron chi connectivity index (χ2n) is 5.25. The zero-order valence-corrected chi connectivity index (χ0v) is 16.1. The van der Waals surface area contributed by atoms with Crippen molar-refractivity contribution in [2.75, 3.05) is 0 Å². The van der Waals surface area contributed by atoms with E-state index in [1.807, 2.05) is 0 Å². The van der Waals surface area contributed by atoms with Crippen molar-refractivity contribution >= 4 is 293 Å². The molecular weight excluding hydrogens is 648 g/mol. The van der Waals surface area contributed by atoms with Crippen molar-refractivity contribution in [3.05, 3.63) is 0 Å². The molecule has 0 radical (unpaired) electrons. The van der Waals surface area contributed by atoms with Crippen LogP contribution >= 0.6 is 0 Å². The van der Waals surface area contributed by atoms with Gasteiger partial charge >= 0.3 is 293 Å². The number of hydrogen-bond acceptors (Lipinski definition) is 12. The van der Waals surface area contributed by atoms with Crippen molar-refractivity contribution in [1.29, 1.82) is 0 Å². The van der Waals surface area contributed by atoms with Gasteiger partial charge in [0.25, 0.3) is 0 Å². The molecular formula is C12H22Na8O16S2. The normalized spacial score (nSPS) is 10.6. The summed E-state index contributed by atoms with van der Waals surface area (Å²) in [5, 5.41) is 29.1. The number of carboxylic acids is 4. The molecule has 2 unspecified atom stereocenters. The van der Waals surface area contributed by atoms with Crippen LogP contribution < -0.4 is 0 Å². The molecule has 0 aromatic heterocycles. The van der Waals surface area contributed by atoms with E-state index in [1.54, 1.807) is 0 Å². The zero-order valence-electron chi connectivity index (χ0n) is 14.5. The van der Waals surface area contributed by atoms with Crippen molar-refractivity contribution in [1.82, 2.24) is 0 Å². The summed E-state index contributed by atoms with van der Waals surface area (Å²) < 4.78 is 54.2. The van der Waals surface area contributed by atoms with E-state index < -0.39 is 92.2 Å². The van der Waals surface area contributed by atoms with Crippen LogP contribution in [0.15, 0.2) is 0 Å². The summed E-state index contributed by atoms with van der Waals surface area (Å²) in [6.07, 6.45) is -5.29. The predicted octanol–water partition coefficient (Wildman–Crippen LogP) is -7.82. The monoisotopic (exact) mass is 670 g/mol. The Balaban J connectivity index is -0.000000150. The van der Waals surface area contributed by atoms with Gasteiger partial charge in [-0.3, -0.25) is 28.8 Å². The molecule has 4 N–H and O–H groups in total. The Labute approximate surface area is 394 Å². The van der Waals surface area contributed by atoms with Crippen molar-refractivity contribution in [2.24, 2.45) is 0 Å². The van der Waals surface area contributed by atoms with E-state index in [-0.39, 0.29) is 236 Å². The number of rotatable bonds is 13. The molecule has 0 amide bonds. The first-order chi connectivity index (χ1) is 13.5. The van der Waals surface area contributed by atoms with Crippen molar-refractivity contribution in [3.63, 3.8) is 0 Å². The summed E-state index contributed by atoms with van der Waals surface area (Å²) in [6.45, 7) is 0. The SMILES string of the molecule is O=C(O)CC(C(=O)O)S(=O)(=O)OC(=O)CCC(=O)OS(=O)(=O)C(CC(=O)O)C(=O)O.[NaH].[NaH].[NaH].[NaH].[NaH].[NaH].[NaH].[NaH]. The molecule has 0 aromatic carbocycles. The van der Waals surface area contributed by atoms with E-state index in [0.717, 1.165) is 0 Å². The van der Waals surface area contributed by atoms with Gasteiger partial charge in [0.05, 0.1) is 25.7 Å². The van der Waals surface area contributed by atoms with E-state index in [0.29, 0.717) is 0 Å². The molecule has 38 heavy (non-hydrogen) atoms. The topological polar surface area (TPSA) is 270 Å². The zero-order chi connectivity index (χ0) is 23.9. The molecule has 0 bridgehead atoms. The Morgan fingerprint density at radius 3 is 0.868 bits per heavy atom. The number of carbonyl (C=O) groups is 6. The Morgan fingerprint density at radius 2 is 0.711 bits per heavy atom. The average Bonchev–Trinajstić information content (AvgIpc) is 2.53. The summed E-state index contributed by atoms with van der Waals surface area (Å²) in [7, 11) is -10.6. The Kier molecular flexibility index (Phi) is 54.5. The molecule has 0 saturated heterocycles. The standard InChI is InChI=1S/C12H14O16S2.8Na.8H/c13-7(14)3-5(11(19)20)29(23,24)27-9(17)1-2-10(18)28-30(25,26)6(12(21)22)4-8(15)16;;;;;;;;;;;;;;;;/h5-6H,1-4H2,(H,13,14)(H,15,16)(H,19,20)(H,21,22);;;;;;;;;;;;;;;;. The van der Waals surface area contributed by atoms with Gasteiger partial charge in [-0.2, -0.15) is 16.8 Å². The van der Waals surface area contributed by atoms with Crippen LogP contribution in [0.25, 0.3) is 0 Å². The number of aliphatic carboxylic acids is 4. The molecule has 2 atom stereocenters. The maximum absolute atomic E-state index is 11.6. The van der Waals surface area contributed by atoms with Gasteiger partial charge in [-0.15, -0.1) is 0 Å². The molecule has 0 fully saturated rings. The van der Waals surface area contributed by atoms with Crippen LogP contribution in [0.2, 0.25) is 0 Å². The molecule has 0 rings (SSSR count). The molecule has 0 spiro atoms. The van der Waals surface area contributed by atoms with E-state index in [9.17, 15) is 45.6 Å². The molecule has 0 heterocycles. The molecule has 26 heteroatoms. The molecule has 186 valence electrons. The van der Waals surface area contributed by atoms with Crippen LogP contribution in [0.5, 0.6) is 0 Å². The Hall–Kier alpha value is 4.72. The van der Waals surface area contributed by atoms with Crippen molar-refractivity contribution in [3.8, 4) is 0 Å². The molecule has 16 nitrogen and oxygen atoms in total. The fourth-order valence-electron chi connectivity index (χ4n) is 1.61. The summed E-state index contributed by atoms with van der Waals surface area (Å²) in [4.78, 5) is 65.5.